The van der Waals surface area contributed by atoms with Crippen LogP contribution in [-0.4, -0.2) is 43.3 Å². The zero-order chi connectivity index (χ0) is 15.1. The van der Waals surface area contributed by atoms with Crippen LogP contribution in [0.4, 0.5) is 0 Å². The van der Waals surface area contributed by atoms with E-state index in [1.54, 1.807) is 13.2 Å². The molecule has 2 N–H and O–H groups in total. The normalized spacial score (nSPS) is 16.1. The van der Waals surface area contributed by atoms with Crippen LogP contribution in [0, 0.1) is 0 Å². The Balaban J connectivity index is 0.00000242. The maximum atomic E-state index is 10.4. The fraction of sp³-hybridized carbons (Fsp3) is 0.647. The number of phenols is 1. The van der Waals surface area contributed by atoms with Gasteiger partial charge in [0.05, 0.1) is 12.7 Å². The number of hydrogen-bond donors (Lipinski definition) is 2. The minimum atomic E-state index is 0. The van der Waals surface area contributed by atoms with Gasteiger partial charge in [-0.15, -0.1) is 24.8 Å². The predicted octanol–water partition coefficient (Wildman–Crippen LogP) is 3.77. The van der Waals surface area contributed by atoms with Crippen LogP contribution in [0.3, 0.4) is 0 Å². The van der Waals surface area contributed by atoms with E-state index < -0.39 is 0 Å². The first kappa shape index (κ1) is 22.3. The van der Waals surface area contributed by atoms with Crippen molar-refractivity contribution in [3.8, 4) is 11.5 Å². The number of piperazine rings is 1. The number of aromatic hydroxyl groups is 1. The lowest BCUT2D eigenvalue weighted by molar-refractivity contribution is 0.157. The lowest BCUT2D eigenvalue weighted by atomic mass is 9.96. The minimum absolute atomic E-state index is 0. The summed E-state index contributed by atoms with van der Waals surface area (Å²) in [7, 11) is 1.68. The molecule has 0 radical (unpaired) electrons. The van der Waals surface area contributed by atoms with Crippen molar-refractivity contribution in [3.05, 3.63) is 23.8 Å². The highest BCUT2D eigenvalue weighted by atomic mass is 35.5. The Hall–Kier alpha value is -0.680. The molecule has 1 aliphatic heterocycles. The van der Waals surface area contributed by atoms with Crippen LogP contribution < -0.4 is 10.1 Å². The van der Waals surface area contributed by atoms with E-state index in [9.17, 15) is 5.11 Å². The fourth-order valence-corrected chi connectivity index (χ4v) is 3.14. The second-order valence-electron chi connectivity index (χ2n) is 5.69. The maximum absolute atomic E-state index is 10.4. The highest BCUT2D eigenvalue weighted by molar-refractivity contribution is 5.85. The van der Waals surface area contributed by atoms with Gasteiger partial charge in [0.1, 0.15) is 11.5 Å². The predicted molar refractivity (Wildman–Crippen MR) is 100 cm³/mol. The zero-order valence-corrected chi connectivity index (χ0v) is 15.7. The third kappa shape index (κ3) is 6.03. The number of hydrogen-bond acceptors (Lipinski definition) is 4. The lowest BCUT2D eigenvalue weighted by Gasteiger charge is -2.36. The van der Waals surface area contributed by atoms with Crippen molar-refractivity contribution >= 4 is 24.8 Å². The van der Waals surface area contributed by atoms with Crippen molar-refractivity contribution in [1.82, 2.24) is 10.2 Å². The van der Waals surface area contributed by atoms with E-state index in [4.69, 9.17) is 4.74 Å². The van der Waals surface area contributed by atoms with Crippen LogP contribution >= 0.6 is 24.8 Å². The standard InChI is InChI=1S/C17H28N2O2.2ClH/c1-3-4-5-7-14(19-12-10-18-11-13-19)17-15(20)8-6-9-16(17)21-2;;/h6,8-9,14,18,20H,3-5,7,10-13H2,1-2H3;2*1H/t14-;;/m0../s1. The summed E-state index contributed by atoms with van der Waals surface area (Å²) in [5.74, 6) is 1.16. The number of methoxy groups -OCH3 is 1. The molecule has 0 bridgehead atoms. The molecule has 2 rings (SSSR count). The van der Waals surface area contributed by atoms with E-state index in [-0.39, 0.29) is 30.9 Å². The molecule has 1 aromatic rings. The van der Waals surface area contributed by atoms with Crippen LogP contribution in [0.2, 0.25) is 0 Å². The van der Waals surface area contributed by atoms with Gasteiger partial charge in [-0.3, -0.25) is 4.90 Å². The SMILES string of the molecule is CCCCC[C@@H](c1c(O)cccc1OC)N1CCNCC1.Cl.Cl. The quantitative estimate of drug-likeness (QED) is 0.722. The van der Waals surface area contributed by atoms with Crippen molar-refractivity contribution in [1.29, 1.82) is 0 Å². The van der Waals surface area contributed by atoms with Gasteiger partial charge < -0.3 is 15.2 Å². The molecule has 1 atom stereocenters. The van der Waals surface area contributed by atoms with Gasteiger partial charge in [-0.2, -0.15) is 0 Å². The third-order valence-electron chi connectivity index (χ3n) is 4.27. The zero-order valence-electron chi connectivity index (χ0n) is 14.1. The molecular weight excluding hydrogens is 335 g/mol. The summed E-state index contributed by atoms with van der Waals surface area (Å²) in [6, 6.07) is 5.81. The number of halogens is 2. The third-order valence-corrected chi connectivity index (χ3v) is 4.27. The molecule has 6 heteroatoms. The highest BCUT2D eigenvalue weighted by Gasteiger charge is 2.26. The summed E-state index contributed by atoms with van der Waals surface area (Å²) >= 11 is 0. The Morgan fingerprint density at radius 2 is 1.91 bits per heavy atom. The molecule has 0 amide bonds. The first-order valence-corrected chi connectivity index (χ1v) is 8.08. The molecule has 1 fully saturated rings. The number of nitrogens with one attached hydrogen (secondary N) is 1. The van der Waals surface area contributed by atoms with Crippen molar-refractivity contribution in [2.45, 2.75) is 38.6 Å². The first-order chi connectivity index (χ1) is 10.3. The molecule has 0 unspecified atom stereocenters. The smallest absolute Gasteiger partial charge is 0.127 e. The molecule has 1 aliphatic rings. The molecule has 4 nitrogen and oxygen atoms in total. The van der Waals surface area contributed by atoms with Gasteiger partial charge in [0.2, 0.25) is 0 Å². The number of nitrogens with zero attached hydrogens (tertiary/aromatic N) is 1. The molecule has 0 spiro atoms. The number of phenolic OH excluding ortho intramolecular Hbond substituents is 1. The molecule has 0 saturated carbocycles. The highest BCUT2D eigenvalue weighted by Crippen LogP contribution is 2.39. The summed E-state index contributed by atoms with van der Waals surface area (Å²) in [4.78, 5) is 2.48. The molecule has 134 valence electrons. The van der Waals surface area contributed by atoms with Crippen LogP contribution in [0.25, 0.3) is 0 Å². The number of benzene rings is 1. The van der Waals surface area contributed by atoms with E-state index in [1.165, 1.54) is 19.3 Å². The van der Waals surface area contributed by atoms with Gasteiger partial charge in [-0.05, 0) is 18.6 Å². The largest absolute Gasteiger partial charge is 0.507 e. The topological polar surface area (TPSA) is 44.7 Å². The maximum Gasteiger partial charge on any atom is 0.127 e. The Kier molecular flexibility index (Phi) is 11.4. The van der Waals surface area contributed by atoms with Gasteiger partial charge in [0.15, 0.2) is 0 Å². The van der Waals surface area contributed by atoms with Crippen molar-refractivity contribution in [2.24, 2.45) is 0 Å². The summed E-state index contributed by atoms with van der Waals surface area (Å²) in [5, 5.41) is 13.8. The Morgan fingerprint density at radius 3 is 2.52 bits per heavy atom. The summed E-state index contributed by atoms with van der Waals surface area (Å²) in [6.45, 7) is 6.29. The average molecular weight is 365 g/mol. The summed E-state index contributed by atoms with van der Waals surface area (Å²) in [6.07, 6.45) is 4.70. The van der Waals surface area contributed by atoms with Gasteiger partial charge in [-0.1, -0.05) is 32.3 Å². The van der Waals surface area contributed by atoms with Gasteiger partial charge in [-0.25, -0.2) is 0 Å². The number of rotatable bonds is 7. The second-order valence-corrected chi connectivity index (χ2v) is 5.69. The molecule has 1 saturated heterocycles. The fourth-order valence-electron chi connectivity index (χ4n) is 3.14. The van der Waals surface area contributed by atoms with Crippen LogP contribution in [-0.2, 0) is 0 Å². The van der Waals surface area contributed by atoms with E-state index in [0.29, 0.717) is 5.75 Å². The number of unbranched alkanes of at least 4 members (excludes halogenated alkanes) is 2. The molecular formula is C17H30Cl2N2O2. The second kappa shape index (κ2) is 11.8. The molecule has 0 aliphatic carbocycles. The molecule has 0 aromatic heterocycles. The Labute approximate surface area is 152 Å². The average Bonchev–Trinajstić information content (AvgIpc) is 2.53. The van der Waals surface area contributed by atoms with E-state index >= 15 is 0 Å². The van der Waals surface area contributed by atoms with Gasteiger partial charge in [0.25, 0.3) is 0 Å². The van der Waals surface area contributed by atoms with E-state index in [2.05, 4.69) is 17.1 Å². The van der Waals surface area contributed by atoms with E-state index in [1.807, 2.05) is 12.1 Å². The minimum Gasteiger partial charge on any atom is -0.507 e. The van der Waals surface area contributed by atoms with Gasteiger partial charge >= 0.3 is 0 Å². The Bertz CT molecular complexity index is 441. The molecule has 1 aromatic carbocycles. The Morgan fingerprint density at radius 1 is 1.22 bits per heavy atom. The van der Waals surface area contributed by atoms with Crippen LogP contribution in [0.1, 0.15) is 44.2 Å². The summed E-state index contributed by atoms with van der Waals surface area (Å²) < 4.78 is 5.50. The van der Waals surface area contributed by atoms with Crippen molar-refractivity contribution in [2.75, 3.05) is 33.3 Å². The van der Waals surface area contributed by atoms with Crippen molar-refractivity contribution in [3.63, 3.8) is 0 Å². The summed E-state index contributed by atoms with van der Waals surface area (Å²) in [5.41, 5.74) is 0.956. The monoisotopic (exact) mass is 364 g/mol. The van der Waals surface area contributed by atoms with Crippen LogP contribution in [0.5, 0.6) is 11.5 Å². The van der Waals surface area contributed by atoms with E-state index in [0.717, 1.165) is 43.9 Å². The van der Waals surface area contributed by atoms with Crippen LogP contribution in [0.15, 0.2) is 18.2 Å². The molecule has 23 heavy (non-hydrogen) atoms. The first-order valence-electron chi connectivity index (χ1n) is 8.08. The number of ether oxygens (including phenoxy) is 1. The lowest BCUT2D eigenvalue weighted by Crippen LogP contribution is -2.45. The molecule has 1 heterocycles. The van der Waals surface area contributed by atoms with Crippen molar-refractivity contribution < 1.29 is 9.84 Å². The van der Waals surface area contributed by atoms with Gasteiger partial charge in [0, 0.05) is 32.2 Å².